The molecule has 0 bridgehead atoms. The van der Waals surface area contributed by atoms with E-state index in [2.05, 4.69) is 5.32 Å². The molecule has 1 amide bonds. The number of hydrogen-bond acceptors (Lipinski definition) is 3. The van der Waals surface area contributed by atoms with Gasteiger partial charge in [0.25, 0.3) is 0 Å². The number of rotatable bonds is 5. The van der Waals surface area contributed by atoms with Gasteiger partial charge in [0, 0.05) is 19.5 Å². The molecule has 0 unspecified atom stereocenters. The summed E-state index contributed by atoms with van der Waals surface area (Å²) >= 11 is 0. The molecule has 0 aliphatic rings. The summed E-state index contributed by atoms with van der Waals surface area (Å²) in [5, 5.41) is 11.5. The predicted octanol–water partition coefficient (Wildman–Crippen LogP) is -0.565. The highest BCUT2D eigenvalue weighted by molar-refractivity contribution is 5.76. The first kappa shape index (κ1) is 11.4. The van der Waals surface area contributed by atoms with E-state index in [1.807, 2.05) is 19.0 Å². The van der Waals surface area contributed by atoms with Crippen LogP contribution in [0.4, 0.5) is 0 Å². The first-order valence-corrected chi connectivity index (χ1v) is 4.12. The van der Waals surface area contributed by atoms with Crippen LogP contribution in [0.5, 0.6) is 0 Å². The Bertz CT molecular complexity index is 121. The van der Waals surface area contributed by atoms with Crippen molar-refractivity contribution in [1.29, 1.82) is 0 Å². The van der Waals surface area contributed by atoms with Crippen molar-refractivity contribution < 1.29 is 9.90 Å². The maximum atomic E-state index is 11.0. The van der Waals surface area contributed by atoms with Crippen LogP contribution in [-0.4, -0.2) is 49.2 Å². The van der Waals surface area contributed by atoms with Crippen molar-refractivity contribution in [2.75, 3.05) is 27.2 Å². The SMILES string of the molecule is C[C@@H](O)CNC(=O)CCN(C)C. The molecule has 2 N–H and O–H groups in total. The molecule has 0 radical (unpaired) electrons. The molecule has 0 fully saturated rings. The average molecular weight is 174 g/mol. The number of carbonyl (C=O) groups is 1. The van der Waals surface area contributed by atoms with Gasteiger partial charge in [0.05, 0.1) is 6.10 Å². The molecule has 0 rings (SSSR count). The molecule has 0 saturated heterocycles. The van der Waals surface area contributed by atoms with E-state index in [1.54, 1.807) is 6.92 Å². The van der Waals surface area contributed by atoms with Gasteiger partial charge >= 0.3 is 0 Å². The van der Waals surface area contributed by atoms with Crippen LogP contribution in [0.3, 0.4) is 0 Å². The van der Waals surface area contributed by atoms with Crippen molar-refractivity contribution in [3.8, 4) is 0 Å². The second-order valence-electron chi connectivity index (χ2n) is 3.21. The average Bonchev–Trinajstić information content (AvgIpc) is 1.96. The zero-order chi connectivity index (χ0) is 9.56. The number of nitrogens with zero attached hydrogens (tertiary/aromatic N) is 1. The molecule has 0 aromatic heterocycles. The van der Waals surface area contributed by atoms with Crippen molar-refractivity contribution in [3.63, 3.8) is 0 Å². The van der Waals surface area contributed by atoms with Crippen molar-refractivity contribution in [2.24, 2.45) is 0 Å². The van der Waals surface area contributed by atoms with Gasteiger partial charge in [0.1, 0.15) is 0 Å². The standard InChI is InChI=1S/C8H18N2O2/c1-7(11)6-9-8(12)4-5-10(2)3/h7,11H,4-6H2,1-3H3,(H,9,12)/t7-/m1/s1. The Balaban J connectivity index is 3.34. The topological polar surface area (TPSA) is 52.6 Å². The Kier molecular flexibility index (Phi) is 5.66. The van der Waals surface area contributed by atoms with Crippen LogP contribution in [0.15, 0.2) is 0 Å². The molecule has 0 aliphatic heterocycles. The molecule has 0 saturated carbocycles. The molecule has 0 aliphatic carbocycles. The highest BCUT2D eigenvalue weighted by atomic mass is 16.3. The van der Waals surface area contributed by atoms with Crippen LogP contribution in [0.2, 0.25) is 0 Å². The predicted molar refractivity (Wildman–Crippen MR) is 47.9 cm³/mol. The van der Waals surface area contributed by atoms with E-state index < -0.39 is 6.10 Å². The first-order valence-electron chi connectivity index (χ1n) is 4.12. The third-order valence-corrected chi connectivity index (χ3v) is 1.38. The summed E-state index contributed by atoms with van der Waals surface area (Å²) < 4.78 is 0. The molecule has 0 aromatic rings. The van der Waals surface area contributed by atoms with Gasteiger partial charge < -0.3 is 15.3 Å². The fourth-order valence-corrected chi connectivity index (χ4v) is 0.675. The van der Waals surface area contributed by atoms with E-state index in [1.165, 1.54) is 0 Å². The fourth-order valence-electron chi connectivity index (χ4n) is 0.675. The van der Waals surface area contributed by atoms with E-state index in [9.17, 15) is 4.79 Å². The van der Waals surface area contributed by atoms with Crippen LogP contribution < -0.4 is 5.32 Å². The number of aliphatic hydroxyl groups is 1. The highest BCUT2D eigenvalue weighted by Gasteiger charge is 2.02. The summed E-state index contributed by atoms with van der Waals surface area (Å²) in [6, 6.07) is 0. The molecule has 0 spiro atoms. The van der Waals surface area contributed by atoms with Crippen molar-refractivity contribution in [1.82, 2.24) is 10.2 Å². The van der Waals surface area contributed by atoms with Gasteiger partial charge in [-0.15, -0.1) is 0 Å². The van der Waals surface area contributed by atoms with Gasteiger partial charge in [-0.05, 0) is 21.0 Å². The van der Waals surface area contributed by atoms with Crippen LogP contribution in [-0.2, 0) is 4.79 Å². The second kappa shape index (κ2) is 5.97. The normalized spacial score (nSPS) is 13.1. The summed E-state index contributed by atoms with van der Waals surface area (Å²) in [5.74, 6) is -0.00963. The lowest BCUT2D eigenvalue weighted by Gasteiger charge is -2.10. The smallest absolute Gasteiger partial charge is 0.221 e. The zero-order valence-electron chi connectivity index (χ0n) is 8.00. The summed E-state index contributed by atoms with van der Waals surface area (Å²) in [6.45, 7) is 2.73. The van der Waals surface area contributed by atoms with Gasteiger partial charge in [-0.1, -0.05) is 0 Å². The summed E-state index contributed by atoms with van der Waals surface area (Å²) in [5.41, 5.74) is 0. The van der Waals surface area contributed by atoms with Gasteiger partial charge in [-0.2, -0.15) is 0 Å². The Hall–Kier alpha value is -0.610. The van der Waals surface area contributed by atoms with Crippen molar-refractivity contribution in [3.05, 3.63) is 0 Å². The molecule has 4 heteroatoms. The summed E-state index contributed by atoms with van der Waals surface area (Å²) in [6.07, 6.45) is 0.0213. The van der Waals surface area contributed by atoms with Crippen LogP contribution in [0.1, 0.15) is 13.3 Å². The number of aliphatic hydroxyl groups excluding tert-OH is 1. The minimum atomic E-state index is -0.465. The highest BCUT2D eigenvalue weighted by Crippen LogP contribution is 1.84. The Morgan fingerprint density at radius 1 is 1.58 bits per heavy atom. The summed E-state index contributed by atoms with van der Waals surface area (Å²) in [7, 11) is 3.84. The van der Waals surface area contributed by atoms with Gasteiger partial charge in [0.15, 0.2) is 0 Å². The van der Waals surface area contributed by atoms with E-state index in [-0.39, 0.29) is 5.91 Å². The van der Waals surface area contributed by atoms with Crippen LogP contribution in [0.25, 0.3) is 0 Å². The van der Waals surface area contributed by atoms with Gasteiger partial charge in [0.2, 0.25) is 5.91 Å². The van der Waals surface area contributed by atoms with E-state index in [0.717, 1.165) is 6.54 Å². The van der Waals surface area contributed by atoms with Crippen molar-refractivity contribution in [2.45, 2.75) is 19.4 Å². The molecular weight excluding hydrogens is 156 g/mol. The van der Waals surface area contributed by atoms with E-state index in [0.29, 0.717) is 13.0 Å². The number of nitrogens with one attached hydrogen (secondary N) is 1. The molecule has 4 nitrogen and oxygen atoms in total. The molecular formula is C8H18N2O2. The molecule has 72 valence electrons. The van der Waals surface area contributed by atoms with Crippen LogP contribution >= 0.6 is 0 Å². The van der Waals surface area contributed by atoms with E-state index >= 15 is 0 Å². The van der Waals surface area contributed by atoms with E-state index in [4.69, 9.17) is 5.11 Å². The summed E-state index contributed by atoms with van der Waals surface area (Å²) in [4.78, 5) is 12.9. The number of amides is 1. The molecule has 0 aromatic carbocycles. The van der Waals surface area contributed by atoms with Crippen LogP contribution in [0, 0.1) is 0 Å². The zero-order valence-corrected chi connectivity index (χ0v) is 8.00. The number of carbonyl (C=O) groups excluding carboxylic acids is 1. The monoisotopic (exact) mass is 174 g/mol. The maximum absolute atomic E-state index is 11.0. The number of hydrogen-bond donors (Lipinski definition) is 2. The lowest BCUT2D eigenvalue weighted by atomic mass is 10.3. The fraction of sp³-hybridized carbons (Fsp3) is 0.875. The van der Waals surface area contributed by atoms with Gasteiger partial charge in [-0.25, -0.2) is 0 Å². The van der Waals surface area contributed by atoms with Gasteiger partial charge in [-0.3, -0.25) is 4.79 Å². The largest absolute Gasteiger partial charge is 0.392 e. The lowest BCUT2D eigenvalue weighted by molar-refractivity contribution is -0.121. The quantitative estimate of drug-likeness (QED) is 0.587. The molecule has 0 heterocycles. The third-order valence-electron chi connectivity index (χ3n) is 1.38. The first-order chi connectivity index (χ1) is 5.52. The third kappa shape index (κ3) is 7.50. The minimum absolute atomic E-state index is 0.00963. The maximum Gasteiger partial charge on any atom is 0.221 e. The van der Waals surface area contributed by atoms with Crippen molar-refractivity contribution >= 4 is 5.91 Å². The Morgan fingerprint density at radius 3 is 2.58 bits per heavy atom. The molecule has 1 atom stereocenters. The second-order valence-corrected chi connectivity index (χ2v) is 3.21. The Morgan fingerprint density at radius 2 is 2.17 bits per heavy atom. The molecule has 12 heavy (non-hydrogen) atoms. The minimum Gasteiger partial charge on any atom is -0.392 e. The lowest BCUT2D eigenvalue weighted by Crippen LogP contribution is -2.32. The Labute approximate surface area is 73.6 Å².